The van der Waals surface area contributed by atoms with Crippen LogP contribution in [0.5, 0.6) is 0 Å². The Kier molecular flexibility index (Phi) is 6.15. The van der Waals surface area contributed by atoms with Crippen molar-refractivity contribution < 1.29 is 4.79 Å². The van der Waals surface area contributed by atoms with E-state index < -0.39 is 16.4 Å². The van der Waals surface area contributed by atoms with E-state index in [9.17, 15) is 19.2 Å². The van der Waals surface area contributed by atoms with E-state index in [4.69, 9.17) is 0 Å². The number of nitrogens with one attached hydrogen (secondary N) is 2. The zero-order valence-electron chi connectivity index (χ0n) is 17.1. The van der Waals surface area contributed by atoms with E-state index in [1.165, 1.54) is 21.7 Å². The van der Waals surface area contributed by atoms with Crippen molar-refractivity contribution in [3.05, 3.63) is 85.0 Å². The lowest BCUT2D eigenvalue weighted by molar-refractivity contribution is -0.129. The SMILES string of the molecule is CC[C@@H](Nc1c(Nc2cccn(CC(=O)N(C)C)c2=O)c(=O)c1=O)c1ccccc1. The Morgan fingerprint density at radius 1 is 1.00 bits per heavy atom. The molecule has 0 unspecified atom stereocenters. The van der Waals surface area contributed by atoms with E-state index in [-0.39, 0.29) is 35.6 Å². The predicted octanol–water partition coefficient (Wildman–Crippen LogP) is 1.84. The van der Waals surface area contributed by atoms with Crippen LogP contribution in [0.1, 0.15) is 24.9 Å². The standard InChI is InChI=1S/C22H24N4O4/c1-4-15(14-9-6-5-7-10-14)23-18-19(21(29)20(18)28)24-16-11-8-12-26(22(16)30)13-17(27)25(2)3/h5-12,15,23-24H,4,13H2,1-3H3/t15-/m1/s1. The highest BCUT2D eigenvalue weighted by atomic mass is 16.2. The number of benzene rings is 1. The maximum absolute atomic E-state index is 12.7. The summed E-state index contributed by atoms with van der Waals surface area (Å²) in [5.41, 5.74) is -0.430. The summed E-state index contributed by atoms with van der Waals surface area (Å²) in [4.78, 5) is 50.3. The fourth-order valence-corrected chi connectivity index (χ4v) is 3.11. The molecule has 2 N–H and O–H groups in total. The van der Waals surface area contributed by atoms with Crippen molar-refractivity contribution >= 4 is 23.0 Å². The molecule has 1 atom stereocenters. The smallest absolute Gasteiger partial charge is 0.274 e. The van der Waals surface area contributed by atoms with E-state index in [1.807, 2.05) is 37.3 Å². The van der Waals surface area contributed by atoms with Gasteiger partial charge in [-0.1, -0.05) is 37.3 Å². The number of carbonyl (C=O) groups excluding carboxylic acids is 1. The topological polar surface area (TPSA) is 101 Å². The molecule has 1 amide bonds. The molecule has 8 heteroatoms. The number of amides is 1. The first-order valence-electron chi connectivity index (χ1n) is 9.64. The summed E-state index contributed by atoms with van der Waals surface area (Å²) in [5.74, 6) is -0.237. The highest BCUT2D eigenvalue weighted by Gasteiger charge is 2.24. The highest BCUT2D eigenvalue weighted by Crippen LogP contribution is 2.26. The maximum Gasteiger partial charge on any atom is 0.274 e. The molecule has 0 aliphatic rings. The van der Waals surface area contributed by atoms with Gasteiger partial charge in [-0.15, -0.1) is 0 Å². The molecule has 1 aromatic heterocycles. The molecule has 8 nitrogen and oxygen atoms in total. The Bertz CT molecular complexity index is 1170. The van der Waals surface area contributed by atoms with E-state index >= 15 is 0 Å². The molecule has 0 saturated heterocycles. The van der Waals surface area contributed by atoms with Crippen LogP contribution in [-0.4, -0.2) is 29.5 Å². The number of anilines is 3. The van der Waals surface area contributed by atoms with Gasteiger partial charge in [0.25, 0.3) is 16.4 Å². The zero-order chi connectivity index (χ0) is 21.8. The molecule has 0 aliphatic heterocycles. The number of likely N-dealkylation sites (N-methyl/N-ethyl adjacent to an activating group) is 1. The molecule has 2 aromatic carbocycles. The molecular formula is C22H24N4O4. The summed E-state index contributed by atoms with van der Waals surface area (Å²) in [6.45, 7) is 1.85. The van der Waals surface area contributed by atoms with Crippen LogP contribution in [0.4, 0.5) is 17.1 Å². The van der Waals surface area contributed by atoms with Gasteiger partial charge < -0.3 is 20.1 Å². The van der Waals surface area contributed by atoms with Gasteiger partial charge in [-0.2, -0.15) is 0 Å². The van der Waals surface area contributed by atoms with Crippen LogP contribution < -0.4 is 27.1 Å². The lowest BCUT2D eigenvalue weighted by Crippen LogP contribution is -2.38. The lowest BCUT2D eigenvalue weighted by atomic mass is 10.0. The van der Waals surface area contributed by atoms with Gasteiger partial charge in [-0.3, -0.25) is 19.2 Å². The number of carbonyl (C=O) groups is 1. The minimum atomic E-state index is -0.681. The molecule has 0 fully saturated rings. The van der Waals surface area contributed by atoms with Crippen molar-refractivity contribution in [3.8, 4) is 0 Å². The number of nitrogens with zero attached hydrogens (tertiary/aromatic N) is 2. The van der Waals surface area contributed by atoms with Crippen LogP contribution in [-0.2, 0) is 11.3 Å². The summed E-state index contributed by atoms with van der Waals surface area (Å²) in [7, 11) is 3.21. The van der Waals surface area contributed by atoms with Crippen molar-refractivity contribution in [1.82, 2.24) is 9.47 Å². The average Bonchev–Trinajstić information content (AvgIpc) is 2.75. The highest BCUT2D eigenvalue weighted by molar-refractivity contribution is 5.79. The number of rotatable bonds is 8. The van der Waals surface area contributed by atoms with E-state index in [0.717, 1.165) is 5.56 Å². The third kappa shape index (κ3) is 4.17. The molecule has 3 rings (SSSR count). The maximum atomic E-state index is 12.7. The van der Waals surface area contributed by atoms with Crippen LogP contribution in [0.25, 0.3) is 0 Å². The largest absolute Gasteiger partial charge is 0.373 e. The minimum Gasteiger partial charge on any atom is -0.373 e. The van der Waals surface area contributed by atoms with Gasteiger partial charge in [0.2, 0.25) is 5.91 Å². The second-order valence-corrected chi connectivity index (χ2v) is 7.19. The second-order valence-electron chi connectivity index (χ2n) is 7.19. The lowest BCUT2D eigenvalue weighted by Gasteiger charge is -2.22. The molecule has 0 aliphatic carbocycles. The molecular weight excluding hydrogens is 384 g/mol. The molecule has 156 valence electrons. The van der Waals surface area contributed by atoms with Gasteiger partial charge >= 0.3 is 0 Å². The first kappa shape index (κ1) is 21.0. The molecule has 0 saturated carbocycles. The van der Waals surface area contributed by atoms with Crippen LogP contribution in [0.15, 0.2) is 63.0 Å². The summed E-state index contributed by atoms with van der Waals surface area (Å²) in [6.07, 6.45) is 2.20. The number of pyridine rings is 1. The number of hydrogen-bond donors (Lipinski definition) is 2. The predicted molar refractivity (Wildman–Crippen MR) is 117 cm³/mol. The van der Waals surface area contributed by atoms with E-state index in [0.29, 0.717) is 6.42 Å². The van der Waals surface area contributed by atoms with Gasteiger partial charge in [-0.25, -0.2) is 0 Å². The number of aromatic nitrogens is 1. The molecule has 0 radical (unpaired) electrons. The quantitative estimate of drug-likeness (QED) is 0.552. The third-order valence-corrected chi connectivity index (χ3v) is 4.92. The summed E-state index contributed by atoms with van der Waals surface area (Å²) < 4.78 is 1.25. The summed E-state index contributed by atoms with van der Waals surface area (Å²) in [6, 6.07) is 12.6. The van der Waals surface area contributed by atoms with Crippen molar-refractivity contribution in [1.29, 1.82) is 0 Å². The molecule has 3 aromatic rings. The normalized spacial score (nSPS) is 11.8. The first-order chi connectivity index (χ1) is 14.3. The Morgan fingerprint density at radius 3 is 2.30 bits per heavy atom. The van der Waals surface area contributed by atoms with Gasteiger partial charge in [0.05, 0.1) is 6.04 Å². The molecule has 1 heterocycles. The summed E-state index contributed by atoms with van der Waals surface area (Å²) >= 11 is 0. The van der Waals surface area contributed by atoms with E-state index in [2.05, 4.69) is 10.6 Å². The van der Waals surface area contributed by atoms with Crippen molar-refractivity contribution in [2.24, 2.45) is 0 Å². The molecule has 0 bridgehead atoms. The van der Waals surface area contributed by atoms with Crippen LogP contribution in [0.2, 0.25) is 0 Å². The van der Waals surface area contributed by atoms with E-state index in [1.54, 1.807) is 20.2 Å². The van der Waals surface area contributed by atoms with Gasteiger partial charge in [0.1, 0.15) is 23.6 Å². The minimum absolute atomic E-state index is 0.0585. The Hall–Kier alpha value is -3.68. The van der Waals surface area contributed by atoms with Gasteiger partial charge in [-0.05, 0) is 24.1 Å². The molecule has 0 spiro atoms. The fraction of sp³-hybridized carbons (Fsp3) is 0.273. The summed E-state index contributed by atoms with van der Waals surface area (Å²) in [5, 5.41) is 5.92. The van der Waals surface area contributed by atoms with Gasteiger partial charge in [0, 0.05) is 20.3 Å². The Morgan fingerprint density at radius 2 is 1.67 bits per heavy atom. The van der Waals surface area contributed by atoms with Crippen LogP contribution >= 0.6 is 0 Å². The van der Waals surface area contributed by atoms with Crippen molar-refractivity contribution in [2.45, 2.75) is 25.9 Å². The van der Waals surface area contributed by atoms with Crippen molar-refractivity contribution in [2.75, 3.05) is 24.7 Å². The zero-order valence-corrected chi connectivity index (χ0v) is 17.1. The Balaban J connectivity index is 1.87. The van der Waals surface area contributed by atoms with Crippen LogP contribution in [0.3, 0.4) is 0 Å². The Labute approximate surface area is 173 Å². The number of hydrogen-bond acceptors (Lipinski definition) is 6. The third-order valence-electron chi connectivity index (χ3n) is 4.92. The fourth-order valence-electron chi connectivity index (χ4n) is 3.11. The van der Waals surface area contributed by atoms with Crippen LogP contribution in [0, 0.1) is 0 Å². The first-order valence-corrected chi connectivity index (χ1v) is 9.64. The van der Waals surface area contributed by atoms with Gasteiger partial charge in [0.15, 0.2) is 0 Å². The van der Waals surface area contributed by atoms with Crippen molar-refractivity contribution in [3.63, 3.8) is 0 Å². The average molecular weight is 408 g/mol. The molecule has 30 heavy (non-hydrogen) atoms. The monoisotopic (exact) mass is 408 g/mol. The second kappa shape index (κ2) is 8.77.